The van der Waals surface area contributed by atoms with Gasteiger partial charge in [-0.15, -0.1) is 0 Å². The Hall–Kier alpha value is -2.69. The predicted octanol–water partition coefficient (Wildman–Crippen LogP) is 3.19. The molecule has 2 rings (SSSR count). The van der Waals surface area contributed by atoms with E-state index < -0.39 is 0 Å². The van der Waals surface area contributed by atoms with Gasteiger partial charge in [0.25, 0.3) is 11.8 Å². The molecule has 0 bridgehead atoms. The molecule has 0 atom stereocenters. The molecule has 1 aromatic carbocycles. The summed E-state index contributed by atoms with van der Waals surface area (Å²) in [5.74, 6) is -0.377. The Morgan fingerprint density at radius 1 is 1.20 bits per heavy atom. The summed E-state index contributed by atoms with van der Waals surface area (Å²) < 4.78 is 0. The average molecular weight is 339 g/mol. The fourth-order valence-electron chi connectivity index (χ4n) is 2.48. The lowest BCUT2D eigenvalue weighted by molar-refractivity contribution is 0.0793. The first kappa shape index (κ1) is 18.6. The zero-order valence-corrected chi connectivity index (χ0v) is 15.1. The first-order valence-corrected chi connectivity index (χ1v) is 8.57. The van der Waals surface area contributed by atoms with Crippen LogP contribution in [0.4, 0.5) is 0 Å². The third-order valence-electron chi connectivity index (χ3n) is 4.13. The van der Waals surface area contributed by atoms with E-state index in [2.05, 4.69) is 17.2 Å². The van der Waals surface area contributed by atoms with Crippen LogP contribution < -0.4 is 5.32 Å². The van der Waals surface area contributed by atoms with Gasteiger partial charge >= 0.3 is 0 Å². The number of amides is 2. The van der Waals surface area contributed by atoms with Crippen LogP contribution in [0.5, 0.6) is 0 Å². The summed E-state index contributed by atoms with van der Waals surface area (Å²) in [6.07, 6.45) is 3.49. The van der Waals surface area contributed by atoms with E-state index in [9.17, 15) is 9.59 Å². The van der Waals surface area contributed by atoms with E-state index in [1.807, 2.05) is 31.2 Å². The van der Waals surface area contributed by atoms with Crippen LogP contribution in [-0.2, 0) is 6.54 Å². The molecule has 1 N–H and O–H groups in total. The van der Waals surface area contributed by atoms with Crippen LogP contribution in [0.25, 0.3) is 0 Å². The predicted molar refractivity (Wildman–Crippen MR) is 98.5 cm³/mol. The molecule has 132 valence electrons. The Kier molecular flexibility index (Phi) is 6.69. The van der Waals surface area contributed by atoms with Gasteiger partial charge in [0.05, 0.1) is 0 Å². The molecular weight excluding hydrogens is 314 g/mol. The lowest BCUT2D eigenvalue weighted by Gasteiger charge is -2.17. The second-order valence-electron chi connectivity index (χ2n) is 6.12. The van der Waals surface area contributed by atoms with E-state index in [0.29, 0.717) is 18.7 Å². The number of nitrogens with zero attached hydrogens (tertiary/aromatic N) is 2. The topological polar surface area (TPSA) is 62.3 Å². The SMILES string of the molecule is CCCCN(C)C(=O)c1ccnc(C(=O)NCc2ccccc2C)c1. The highest BCUT2D eigenvalue weighted by Crippen LogP contribution is 2.09. The molecule has 0 aliphatic carbocycles. The number of carbonyl (C=O) groups excluding carboxylic acids is 2. The van der Waals surface area contributed by atoms with Gasteiger partial charge in [0.1, 0.15) is 5.69 Å². The zero-order chi connectivity index (χ0) is 18.2. The van der Waals surface area contributed by atoms with Gasteiger partial charge in [-0.05, 0) is 36.6 Å². The minimum atomic E-state index is -0.283. The number of hydrogen-bond donors (Lipinski definition) is 1. The summed E-state index contributed by atoms with van der Waals surface area (Å²) in [7, 11) is 1.77. The molecule has 0 unspecified atom stereocenters. The van der Waals surface area contributed by atoms with E-state index >= 15 is 0 Å². The van der Waals surface area contributed by atoms with E-state index in [1.54, 1.807) is 24.1 Å². The molecule has 0 spiro atoms. The molecular formula is C20H25N3O2. The first-order chi connectivity index (χ1) is 12.0. The second-order valence-corrected chi connectivity index (χ2v) is 6.12. The first-order valence-electron chi connectivity index (χ1n) is 8.57. The van der Waals surface area contributed by atoms with Crippen molar-refractivity contribution in [2.75, 3.05) is 13.6 Å². The van der Waals surface area contributed by atoms with Gasteiger partial charge in [-0.2, -0.15) is 0 Å². The van der Waals surface area contributed by atoms with Crippen LogP contribution in [0.15, 0.2) is 42.6 Å². The van der Waals surface area contributed by atoms with Gasteiger partial charge in [0, 0.05) is 31.9 Å². The monoisotopic (exact) mass is 339 g/mol. The van der Waals surface area contributed by atoms with Crippen molar-refractivity contribution < 1.29 is 9.59 Å². The number of aromatic nitrogens is 1. The van der Waals surface area contributed by atoms with Crippen molar-refractivity contribution in [3.05, 3.63) is 65.0 Å². The molecule has 25 heavy (non-hydrogen) atoms. The molecule has 0 saturated carbocycles. The fraction of sp³-hybridized carbons (Fsp3) is 0.350. The Bertz CT molecular complexity index is 743. The van der Waals surface area contributed by atoms with Crippen LogP contribution >= 0.6 is 0 Å². The van der Waals surface area contributed by atoms with Crippen LogP contribution in [-0.4, -0.2) is 35.3 Å². The van der Waals surface area contributed by atoms with Crippen molar-refractivity contribution in [1.29, 1.82) is 0 Å². The zero-order valence-electron chi connectivity index (χ0n) is 15.1. The van der Waals surface area contributed by atoms with Gasteiger partial charge < -0.3 is 10.2 Å². The van der Waals surface area contributed by atoms with Crippen molar-refractivity contribution in [3.63, 3.8) is 0 Å². The van der Waals surface area contributed by atoms with Gasteiger partial charge in [-0.1, -0.05) is 37.6 Å². The van der Waals surface area contributed by atoms with Gasteiger partial charge in [-0.25, -0.2) is 0 Å². The van der Waals surface area contributed by atoms with Crippen LogP contribution in [0.1, 0.15) is 51.7 Å². The Morgan fingerprint density at radius 2 is 1.96 bits per heavy atom. The van der Waals surface area contributed by atoms with Crippen LogP contribution in [0.3, 0.4) is 0 Å². The molecule has 1 heterocycles. The quantitative estimate of drug-likeness (QED) is 0.842. The van der Waals surface area contributed by atoms with Crippen molar-refractivity contribution in [1.82, 2.24) is 15.2 Å². The summed E-state index contributed by atoms with van der Waals surface area (Å²) >= 11 is 0. The molecule has 0 saturated heterocycles. The van der Waals surface area contributed by atoms with Gasteiger partial charge in [0.15, 0.2) is 0 Å². The molecule has 0 aliphatic heterocycles. The Labute approximate surface area is 149 Å². The maximum Gasteiger partial charge on any atom is 0.270 e. The average Bonchev–Trinajstić information content (AvgIpc) is 2.64. The second kappa shape index (κ2) is 8.97. The van der Waals surface area contributed by atoms with Crippen molar-refractivity contribution in [2.24, 2.45) is 0 Å². The normalized spacial score (nSPS) is 10.4. The van der Waals surface area contributed by atoms with Crippen molar-refractivity contribution in [3.8, 4) is 0 Å². The van der Waals surface area contributed by atoms with Crippen LogP contribution in [0.2, 0.25) is 0 Å². The number of nitrogens with one attached hydrogen (secondary N) is 1. The van der Waals surface area contributed by atoms with E-state index in [1.165, 1.54) is 6.20 Å². The molecule has 2 aromatic rings. The smallest absolute Gasteiger partial charge is 0.270 e. The van der Waals surface area contributed by atoms with Crippen LogP contribution in [0, 0.1) is 6.92 Å². The number of carbonyl (C=O) groups is 2. The van der Waals surface area contributed by atoms with E-state index in [-0.39, 0.29) is 17.5 Å². The summed E-state index contributed by atoms with van der Waals surface area (Å²) in [6.45, 7) is 5.22. The number of unbranched alkanes of at least 4 members (excludes halogenated alkanes) is 1. The molecule has 5 heteroatoms. The summed E-state index contributed by atoms with van der Waals surface area (Å²) in [6, 6.07) is 11.1. The third-order valence-corrected chi connectivity index (χ3v) is 4.13. The number of aryl methyl sites for hydroxylation is 1. The fourth-order valence-corrected chi connectivity index (χ4v) is 2.48. The minimum absolute atomic E-state index is 0.0937. The van der Waals surface area contributed by atoms with E-state index in [4.69, 9.17) is 0 Å². The largest absolute Gasteiger partial charge is 0.347 e. The lowest BCUT2D eigenvalue weighted by Crippen LogP contribution is -2.29. The number of rotatable bonds is 7. The number of hydrogen-bond acceptors (Lipinski definition) is 3. The molecule has 0 aliphatic rings. The summed E-state index contributed by atoms with van der Waals surface area (Å²) in [5, 5.41) is 2.86. The van der Waals surface area contributed by atoms with Crippen molar-refractivity contribution in [2.45, 2.75) is 33.2 Å². The summed E-state index contributed by atoms with van der Waals surface area (Å²) in [5.41, 5.74) is 2.91. The standard InChI is InChI=1S/C20H25N3O2/c1-4-5-12-23(3)20(25)16-10-11-21-18(13-16)19(24)22-14-17-9-7-6-8-15(17)2/h6-11,13H,4-5,12,14H2,1-3H3,(H,22,24). The molecule has 5 nitrogen and oxygen atoms in total. The highest BCUT2D eigenvalue weighted by molar-refractivity contribution is 5.98. The Balaban J connectivity index is 2.03. The maximum atomic E-state index is 12.4. The molecule has 0 radical (unpaired) electrons. The molecule has 1 aromatic heterocycles. The molecule has 2 amide bonds. The summed E-state index contributed by atoms with van der Waals surface area (Å²) in [4.78, 5) is 30.5. The van der Waals surface area contributed by atoms with Gasteiger partial charge in [0.2, 0.25) is 0 Å². The number of pyridine rings is 1. The maximum absolute atomic E-state index is 12.4. The third kappa shape index (κ3) is 5.14. The Morgan fingerprint density at radius 3 is 2.68 bits per heavy atom. The van der Waals surface area contributed by atoms with Gasteiger partial charge in [-0.3, -0.25) is 14.6 Å². The minimum Gasteiger partial charge on any atom is -0.347 e. The number of benzene rings is 1. The lowest BCUT2D eigenvalue weighted by atomic mass is 10.1. The van der Waals surface area contributed by atoms with E-state index in [0.717, 1.165) is 24.0 Å². The van der Waals surface area contributed by atoms with Crippen molar-refractivity contribution >= 4 is 11.8 Å². The highest BCUT2D eigenvalue weighted by atomic mass is 16.2. The highest BCUT2D eigenvalue weighted by Gasteiger charge is 2.15. The molecule has 0 fully saturated rings.